The van der Waals surface area contributed by atoms with E-state index in [0.717, 1.165) is 12.1 Å². The van der Waals surface area contributed by atoms with E-state index in [4.69, 9.17) is 16.4 Å². The molecule has 110 valence electrons. The lowest BCUT2D eigenvalue weighted by Gasteiger charge is -2.33. The fourth-order valence-corrected chi connectivity index (χ4v) is 2.47. The summed E-state index contributed by atoms with van der Waals surface area (Å²) >= 11 is 9.54. The smallest absolute Gasteiger partial charge is 0.410 e. The van der Waals surface area contributed by atoms with Crippen molar-refractivity contribution in [3.05, 3.63) is 46.7 Å². The molecule has 0 spiro atoms. The van der Waals surface area contributed by atoms with Gasteiger partial charge in [0.15, 0.2) is 0 Å². The van der Waals surface area contributed by atoms with Crippen LogP contribution < -0.4 is 0 Å². The van der Waals surface area contributed by atoms with Crippen LogP contribution in [0, 0.1) is 0 Å². The lowest BCUT2D eigenvalue weighted by molar-refractivity contribution is -0.140. The van der Waals surface area contributed by atoms with Crippen molar-refractivity contribution < 1.29 is 18.0 Å². The molecule has 1 aliphatic heterocycles. The van der Waals surface area contributed by atoms with Gasteiger partial charge in [0.25, 0.3) is 0 Å². The lowest BCUT2D eigenvalue weighted by atomic mass is 10.0. The van der Waals surface area contributed by atoms with Crippen LogP contribution in [0.25, 0.3) is 0 Å². The number of alkyl halides is 4. The molecule has 20 heavy (non-hydrogen) atoms. The Kier molecular flexibility index (Phi) is 4.10. The normalized spacial score (nSPS) is 20.8. The minimum Gasteiger partial charge on any atom is -0.410 e. The Morgan fingerprint density at radius 2 is 1.75 bits per heavy atom. The first kappa shape index (κ1) is 15.7. The summed E-state index contributed by atoms with van der Waals surface area (Å²) in [5.41, 5.74) is -0.0609. The van der Waals surface area contributed by atoms with Gasteiger partial charge in [-0.25, -0.2) is 0 Å². The molecule has 0 saturated heterocycles. The van der Waals surface area contributed by atoms with E-state index in [-0.39, 0.29) is 0 Å². The predicted octanol–water partition coefficient (Wildman–Crippen LogP) is 5.20. The summed E-state index contributed by atoms with van der Waals surface area (Å²) in [6.45, 7) is 3.71. The first-order valence-corrected chi connectivity index (χ1v) is 6.95. The highest BCUT2D eigenvalue weighted by atomic mass is 79.9. The van der Waals surface area contributed by atoms with Crippen LogP contribution in [0.2, 0.25) is 0 Å². The number of nitrogens with zero attached hydrogens (tertiary/aromatic N) is 1. The van der Waals surface area contributed by atoms with Gasteiger partial charge < -0.3 is 4.84 Å². The standard InChI is InChI=1S/C13H12BrClF3NO/c1-12(2,14)19-11(10(15)7-20-19)8-3-5-9(6-4-8)13(16,17)18/h3-7,11H,1-2H3. The molecule has 0 aromatic heterocycles. The van der Waals surface area contributed by atoms with Gasteiger partial charge in [0.1, 0.15) is 16.8 Å². The number of rotatable bonds is 2. The minimum atomic E-state index is -4.35. The molecule has 1 aromatic carbocycles. The van der Waals surface area contributed by atoms with Gasteiger partial charge >= 0.3 is 6.18 Å². The van der Waals surface area contributed by atoms with Crippen LogP contribution in [-0.2, 0) is 11.0 Å². The summed E-state index contributed by atoms with van der Waals surface area (Å²) in [6, 6.07) is 4.45. The summed E-state index contributed by atoms with van der Waals surface area (Å²) in [5.74, 6) is 0. The van der Waals surface area contributed by atoms with E-state index in [1.165, 1.54) is 18.4 Å². The average molecular weight is 371 g/mol. The van der Waals surface area contributed by atoms with Crippen LogP contribution in [0.5, 0.6) is 0 Å². The maximum Gasteiger partial charge on any atom is 0.416 e. The van der Waals surface area contributed by atoms with Crippen molar-refractivity contribution in [2.45, 2.75) is 30.5 Å². The second-order valence-electron chi connectivity index (χ2n) is 4.87. The van der Waals surface area contributed by atoms with Crippen LogP contribution >= 0.6 is 27.5 Å². The van der Waals surface area contributed by atoms with E-state index in [1.807, 2.05) is 13.8 Å². The van der Waals surface area contributed by atoms with Crippen molar-refractivity contribution in [2.24, 2.45) is 0 Å². The van der Waals surface area contributed by atoms with Crippen molar-refractivity contribution >= 4 is 27.5 Å². The van der Waals surface area contributed by atoms with Crippen LogP contribution in [0.4, 0.5) is 13.2 Å². The van der Waals surface area contributed by atoms with Crippen molar-refractivity contribution in [3.63, 3.8) is 0 Å². The molecule has 1 aromatic rings. The van der Waals surface area contributed by atoms with E-state index in [0.29, 0.717) is 10.6 Å². The SMILES string of the molecule is CC(C)(Br)N1OC=C(Cl)C1c1ccc(C(F)(F)F)cc1. The average Bonchev–Trinajstić information content (AvgIpc) is 2.70. The Balaban J connectivity index is 2.32. The topological polar surface area (TPSA) is 12.5 Å². The highest BCUT2D eigenvalue weighted by Gasteiger charge is 2.39. The third-order valence-corrected chi connectivity index (χ3v) is 3.50. The van der Waals surface area contributed by atoms with Gasteiger partial charge in [-0.1, -0.05) is 39.7 Å². The molecule has 1 heterocycles. The van der Waals surface area contributed by atoms with Crippen molar-refractivity contribution in [1.82, 2.24) is 5.06 Å². The molecule has 2 rings (SSSR count). The van der Waals surface area contributed by atoms with Crippen molar-refractivity contribution in [2.75, 3.05) is 0 Å². The van der Waals surface area contributed by atoms with Gasteiger partial charge in [-0.3, -0.25) is 0 Å². The van der Waals surface area contributed by atoms with E-state index in [9.17, 15) is 13.2 Å². The van der Waals surface area contributed by atoms with Crippen LogP contribution in [0.15, 0.2) is 35.6 Å². The maximum atomic E-state index is 12.6. The molecular weight excluding hydrogens is 358 g/mol. The van der Waals surface area contributed by atoms with Gasteiger partial charge in [0.2, 0.25) is 0 Å². The maximum absolute atomic E-state index is 12.6. The predicted molar refractivity (Wildman–Crippen MR) is 74.1 cm³/mol. The Morgan fingerprint density at radius 3 is 2.20 bits per heavy atom. The van der Waals surface area contributed by atoms with Gasteiger partial charge in [0, 0.05) is 0 Å². The summed E-state index contributed by atoms with van der Waals surface area (Å²) in [4.78, 5) is 5.36. The molecule has 2 nitrogen and oxygen atoms in total. The minimum absolute atomic E-state index is 0.414. The summed E-state index contributed by atoms with van der Waals surface area (Å²) in [7, 11) is 0. The summed E-state index contributed by atoms with van der Waals surface area (Å²) < 4.78 is 37.2. The molecule has 0 aliphatic carbocycles. The van der Waals surface area contributed by atoms with Crippen LogP contribution in [0.3, 0.4) is 0 Å². The molecule has 0 saturated carbocycles. The highest BCUT2D eigenvalue weighted by Crippen LogP contribution is 2.43. The molecular formula is C13H12BrClF3NO. The number of benzene rings is 1. The molecule has 1 aliphatic rings. The third kappa shape index (κ3) is 3.13. The van der Waals surface area contributed by atoms with Crippen molar-refractivity contribution in [1.29, 1.82) is 0 Å². The van der Waals surface area contributed by atoms with E-state index in [1.54, 1.807) is 5.06 Å². The summed E-state index contributed by atoms with van der Waals surface area (Å²) in [6.07, 6.45) is -2.97. The third-order valence-electron chi connectivity index (χ3n) is 2.85. The monoisotopic (exact) mass is 369 g/mol. The summed E-state index contributed by atoms with van der Waals surface area (Å²) in [5, 5.41) is 2.00. The van der Waals surface area contributed by atoms with Gasteiger partial charge in [-0.15, -0.1) is 5.06 Å². The second-order valence-corrected chi connectivity index (χ2v) is 7.24. The molecule has 0 fully saturated rings. The number of hydroxylamine groups is 2. The number of halogens is 5. The van der Waals surface area contributed by atoms with Crippen LogP contribution in [-0.4, -0.2) is 9.51 Å². The molecule has 0 amide bonds. The number of hydrogen-bond donors (Lipinski definition) is 0. The Hall–Kier alpha value is -0.720. The van der Waals surface area contributed by atoms with Gasteiger partial charge in [-0.2, -0.15) is 13.2 Å². The largest absolute Gasteiger partial charge is 0.416 e. The molecule has 0 radical (unpaired) electrons. The van der Waals surface area contributed by atoms with Crippen LogP contribution in [0.1, 0.15) is 31.0 Å². The fraction of sp³-hybridized carbons (Fsp3) is 0.385. The lowest BCUT2D eigenvalue weighted by Crippen LogP contribution is -2.38. The second kappa shape index (κ2) is 5.24. The Labute approximate surface area is 128 Å². The molecule has 0 bridgehead atoms. The van der Waals surface area contributed by atoms with Gasteiger partial charge in [0.05, 0.1) is 10.6 Å². The zero-order valence-electron chi connectivity index (χ0n) is 10.7. The molecule has 0 N–H and O–H groups in total. The zero-order valence-corrected chi connectivity index (χ0v) is 13.1. The van der Waals surface area contributed by atoms with E-state index < -0.39 is 22.2 Å². The number of hydrogen-bond acceptors (Lipinski definition) is 2. The van der Waals surface area contributed by atoms with E-state index >= 15 is 0 Å². The Morgan fingerprint density at radius 1 is 1.20 bits per heavy atom. The molecule has 1 unspecified atom stereocenters. The molecule has 1 atom stereocenters. The van der Waals surface area contributed by atoms with E-state index in [2.05, 4.69) is 15.9 Å². The first-order valence-electron chi connectivity index (χ1n) is 5.78. The van der Waals surface area contributed by atoms with Crippen molar-refractivity contribution in [3.8, 4) is 0 Å². The molecule has 7 heteroatoms. The Bertz CT molecular complexity index is 522. The fourth-order valence-electron chi connectivity index (χ4n) is 1.93. The zero-order chi connectivity index (χ0) is 15.1. The first-order chi connectivity index (χ1) is 9.10. The van der Waals surface area contributed by atoms with Gasteiger partial charge in [-0.05, 0) is 31.5 Å². The highest BCUT2D eigenvalue weighted by molar-refractivity contribution is 9.10. The quantitative estimate of drug-likeness (QED) is 0.524.